The lowest BCUT2D eigenvalue weighted by atomic mass is 9.95. The van der Waals surface area contributed by atoms with E-state index in [0.29, 0.717) is 6.04 Å². The van der Waals surface area contributed by atoms with Gasteiger partial charge in [0.1, 0.15) is 0 Å². The van der Waals surface area contributed by atoms with E-state index in [4.69, 9.17) is 0 Å². The van der Waals surface area contributed by atoms with Crippen molar-refractivity contribution in [3.63, 3.8) is 0 Å². The van der Waals surface area contributed by atoms with Crippen LogP contribution in [-0.2, 0) is 13.0 Å². The van der Waals surface area contributed by atoms with Gasteiger partial charge in [-0.15, -0.1) is 0 Å². The van der Waals surface area contributed by atoms with E-state index in [1.54, 1.807) is 5.56 Å². The second kappa shape index (κ2) is 4.11. The summed E-state index contributed by atoms with van der Waals surface area (Å²) in [4.78, 5) is 0. The number of aryl methyl sites for hydroxylation is 3. The quantitative estimate of drug-likeness (QED) is 0.822. The Kier molecular flexibility index (Phi) is 2.49. The van der Waals surface area contributed by atoms with Gasteiger partial charge in [0, 0.05) is 23.7 Å². The van der Waals surface area contributed by atoms with Crippen molar-refractivity contribution in [1.29, 1.82) is 0 Å². The van der Waals surface area contributed by atoms with E-state index >= 15 is 0 Å². The largest absolute Gasteiger partial charge is 0.344 e. The van der Waals surface area contributed by atoms with Crippen LogP contribution < -0.4 is 5.32 Å². The molecule has 1 saturated heterocycles. The van der Waals surface area contributed by atoms with Crippen LogP contribution >= 0.6 is 0 Å². The minimum Gasteiger partial charge on any atom is -0.344 e. The molecule has 1 N–H and O–H groups in total. The number of nitrogens with one attached hydrogen (secondary N) is 1. The van der Waals surface area contributed by atoms with Gasteiger partial charge in [0.2, 0.25) is 0 Å². The molecule has 1 fully saturated rings. The van der Waals surface area contributed by atoms with Crippen molar-refractivity contribution in [2.24, 2.45) is 0 Å². The molecule has 19 heavy (non-hydrogen) atoms. The molecular formula is C17H22N2. The Morgan fingerprint density at radius 1 is 1.21 bits per heavy atom. The maximum atomic E-state index is 3.64. The van der Waals surface area contributed by atoms with Crippen molar-refractivity contribution in [1.82, 2.24) is 9.88 Å². The molecule has 1 aromatic carbocycles. The molecule has 0 aliphatic carbocycles. The predicted octanol–water partition coefficient (Wildman–Crippen LogP) is 3.63. The number of aromatic nitrogens is 1. The van der Waals surface area contributed by atoms with E-state index in [-0.39, 0.29) is 0 Å². The fourth-order valence-corrected chi connectivity index (χ4v) is 3.96. The Balaban J connectivity index is 1.97. The van der Waals surface area contributed by atoms with Gasteiger partial charge in [0.05, 0.1) is 5.52 Å². The highest BCUT2D eigenvalue weighted by molar-refractivity contribution is 5.89. The monoisotopic (exact) mass is 254 g/mol. The summed E-state index contributed by atoms with van der Waals surface area (Å²) in [7, 11) is 0. The fraction of sp³-hybridized carbons (Fsp3) is 0.529. The topological polar surface area (TPSA) is 17.0 Å². The fourth-order valence-electron chi connectivity index (χ4n) is 3.96. The highest BCUT2D eigenvalue weighted by atomic mass is 15.0. The van der Waals surface area contributed by atoms with Gasteiger partial charge < -0.3 is 9.88 Å². The van der Waals surface area contributed by atoms with Crippen molar-refractivity contribution in [3.05, 3.63) is 34.5 Å². The summed E-state index contributed by atoms with van der Waals surface area (Å²) in [6.45, 7) is 6.94. The minimum absolute atomic E-state index is 0.589. The Morgan fingerprint density at radius 3 is 2.89 bits per heavy atom. The van der Waals surface area contributed by atoms with Crippen LogP contribution in [0.5, 0.6) is 0 Å². The van der Waals surface area contributed by atoms with Crippen molar-refractivity contribution in [2.75, 3.05) is 6.54 Å². The normalized spacial score (nSPS) is 22.3. The number of nitrogens with zero attached hydrogens (tertiary/aromatic N) is 1. The van der Waals surface area contributed by atoms with Crippen LogP contribution in [0.1, 0.15) is 47.7 Å². The maximum absolute atomic E-state index is 3.64. The van der Waals surface area contributed by atoms with Gasteiger partial charge in [0.25, 0.3) is 0 Å². The molecule has 3 heterocycles. The third-order valence-corrected chi connectivity index (χ3v) is 5.12. The number of hydrogen-bond acceptors (Lipinski definition) is 1. The average molecular weight is 254 g/mol. The number of rotatable bonds is 1. The van der Waals surface area contributed by atoms with E-state index in [9.17, 15) is 0 Å². The first-order valence-electron chi connectivity index (χ1n) is 7.61. The molecule has 1 atom stereocenters. The van der Waals surface area contributed by atoms with Crippen LogP contribution in [0.3, 0.4) is 0 Å². The van der Waals surface area contributed by atoms with Gasteiger partial charge in [-0.25, -0.2) is 0 Å². The first kappa shape index (κ1) is 11.5. The molecule has 0 amide bonds. The Hall–Kier alpha value is -1.28. The molecule has 0 spiro atoms. The Bertz CT molecular complexity index is 645. The van der Waals surface area contributed by atoms with Gasteiger partial charge in [-0.05, 0) is 68.8 Å². The zero-order valence-electron chi connectivity index (χ0n) is 11.9. The van der Waals surface area contributed by atoms with Gasteiger partial charge in [-0.2, -0.15) is 0 Å². The molecule has 4 rings (SSSR count). The predicted molar refractivity (Wildman–Crippen MR) is 79.7 cm³/mol. The molecule has 0 saturated carbocycles. The lowest BCUT2D eigenvalue weighted by molar-refractivity contribution is 0.616. The molecule has 2 aliphatic rings. The molecule has 1 aromatic heterocycles. The summed E-state index contributed by atoms with van der Waals surface area (Å²) >= 11 is 0. The molecule has 0 radical (unpaired) electrons. The van der Waals surface area contributed by atoms with Gasteiger partial charge in [-0.3, -0.25) is 0 Å². The zero-order chi connectivity index (χ0) is 13.0. The van der Waals surface area contributed by atoms with E-state index in [1.807, 2.05) is 0 Å². The summed E-state index contributed by atoms with van der Waals surface area (Å²) in [5.74, 6) is 0. The second-order valence-electron chi connectivity index (χ2n) is 6.19. The summed E-state index contributed by atoms with van der Waals surface area (Å²) in [5.41, 5.74) is 7.55. The Morgan fingerprint density at radius 2 is 2.11 bits per heavy atom. The van der Waals surface area contributed by atoms with Gasteiger partial charge in [-0.1, -0.05) is 6.07 Å². The minimum atomic E-state index is 0.589. The van der Waals surface area contributed by atoms with E-state index < -0.39 is 0 Å². The van der Waals surface area contributed by atoms with Crippen LogP contribution in [0.15, 0.2) is 12.1 Å². The van der Waals surface area contributed by atoms with Crippen molar-refractivity contribution in [2.45, 2.75) is 52.1 Å². The Labute approximate surface area is 114 Å². The highest BCUT2D eigenvalue weighted by Gasteiger charge is 2.22. The lowest BCUT2D eigenvalue weighted by Crippen LogP contribution is -2.14. The third-order valence-electron chi connectivity index (χ3n) is 5.12. The average Bonchev–Trinajstić information content (AvgIpc) is 3.04. The van der Waals surface area contributed by atoms with Crippen LogP contribution in [-0.4, -0.2) is 11.1 Å². The lowest BCUT2D eigenvalue weighted by Gasteiger charge is -2.19. The summed E-state index contributed by atoms with van der Waals surface area (Å²) < 4.78 is 2.54. The van der Waals surface area contributed by atoms with E-state index in [2.05, 4.69) is 35.9 Å². The number of hydrogen-bond donors (Lipinski definition) is 1. The zero-order valence-corrected chi connectivity index (χ0v) is 11.9. The van der Waals surface area contributed by atoms with Gasteiger partial charge in [0.15, 0.2) is 0 Å². The van der Waals surface area contributed by atoms with Gasteiger partial charge >= 0.3 is 0 Å². The highest BCUT2D eigenvalue weighted by Crippen LogP contribution is 2.36. The molecule has 100 valence electrons. The van der Waals surface area contributed by atoms with E-state index in [1.165, 1.54) is 66.5 Å². The SMILES string of the molecule is Cc1c(C)n2c3c(cc(C4CCCN4)cc13)CCC2. The van der Waals surface area contributed by atoms with Crippen LogP contribution in [0.2, 0.25) is 0 Å². The standard InChI is InChI=1S/C17H22N2/c1-11-12(2)19-8-4-5-13-9-14(10-15(11)17(13)19)16-6-3-7-18-16/h9-10,16,18H,3-8H2,1-2H3. The number of benzene rings is 1. The molecule has 1 unspecified atom stereocenters. The molecule has 2 heteroatoms. The smallest absolute Gasteiger partial charge is 0.0517 e. The molecule has 0 bridgehead atoms. The summed E-state index contributed by atoms with van der Waals surface area (Å²) in [5, 5.41) is 5.14. The third kappa shape index (κ3) is 1.59. The molecular weight excluding hydrogens is 232 g/mol. The molecule has 2 aromatic rings. The maximum Gasteiger partial charge on any atom is 0.0517 e. The summed E-state index contributed by atoms with van der Waals surface area (Å²) in [6, 6.07) is 5.51. The van der Waals surface area contributed by atoms with E-state index in [0.717, 1.165) is 0 Å². The molecule has 2 nitrogen and oxygen atoms in total. The van der Waals surface area contributed by atoms with Crippen LogP contribution in [0, 0.1) is 13.8 Å². The van der Waals surface area contributed by atoms with Crippen LogP contribution in [0.4, 0.5) is 0 Å². The first-order valence-corrected chi connectivity index (χ1v) is 7.61. The van der Waals surface area contributed by atoms with Crippen molar-refractivity contribution in [3.8, 4) is 0 Å². The van der Waals surface area contributed by atoms with Crippen LogP contribution in [0.25, 0.3) is 10.9 Å². The second-order valence-corrected chi connectivity index (χ2v) is 6.19. The molecule has 2 aliphatic heterocycles. The van der Waals surface area contributed by atoms with Crippen molar-refractivity contribution >= 4 is 10.9 Å². The van der Waals surface area contributed by atoms with Crippen molar-refractivity contribution < 1.29 is 0 Å². The first-order chi connectivity index (χ1) is 9.25. The summed E-state index contributed by atoms with van der Waals surface area (Å²) in [6.07, 6.45) is 5.15.